The summed E-state index contributed by atoms with van der Waals surface area (Å²) >= 11 is 0. The zero-order chi connectivity index (χ0) is 21.3. The van der Waals surface area contributed by atoms with E-state index in [1.54, 1.807) is 45.3 Å². The number of benzene rings is 2. The third kappa shape index (κ3) is 3.96. The van der Waals surface area contributed by atoms with Crippen molar-refractivity contribution in [1.82, 2.24) is 9.55 Å². The molecular formula is C23H24N4O3. The standard InChI is InChI=1S/C23H24N4O3/c1-23(2,3)30-22(28)25-16-8-6-7-15(11-16)19(26-29)12-20-17-9-4-5-10-18(17)21-13-24-14-27(20)21/h4-11,13-14,19-20H,12H2,1-3H3,(H,25,28). The van der Waals surface area contributed by atoms with Crippen LogP contribution in [0.2, 0.25) is 0 Å². The summed E-state index contributed by atoms with van der Waals surface area (Å²) in [5.41, 5.74) is 4.04. The Morgan fingerprint density at radius 2 is 2.03 bits per heavy atom. The molecule has 0 saturated heterocycles. The van der Waals surface area contributed by atoms with Crippen LogP contribution in [-0.4, -0.2) is 21.2 Å². The monoisotopic (exact) mass is 404 g/mol. The molecule has 2 unspecified atom stereocenters. The van der Waals surface area contributed by atoms with Gasteiger partial charge in [-0.1, -0.05) is 41.6 Å². The van der Waals surface area contributed by atoms with Crippen LogP contribution in [0.4, 0.5) is 10.5 Å². The summed E-state index contributed by atoms with van der Waals surface area (Å²) in [6.07, 6.45) is 3.60. The number of nitrogens with zero attached hydrogens (tertiary/aromatic N) is 3. The Bertz CT molecular complexity index is 1080. The van der Waals surface area contributed by atoms with Crippen LogP contribution in [-0.2, 0) is 4.74 Å². The fourth-order valence-corrected chi connectivity index (χ4v) is 3.87. The number of fused-ring (bicyclic) bond motifs is 3. The maximum absolute atomic E-state index is 12.1. The summed E-state index contributed by atoms with van der Waals surface area (Å²) in [5.74, 6) is 0. The van der Waals surface area contributed by atoms with Gasteiger partial charge in [0.25, 0.3) is 0 Å². The van der Waals surface area contributed by atoms with Gasteiger partial charge in [0, 0.05) is 17.7 Å². The van der Waals surface area contributed by atoms with Crippen LogP contribution in [0.5, 0.6) is 0 Å². The lowest BCUT2D eigenvalue weighted by Crippen LogP contribution is -2.27. The van der Waals surface area contributed by atoms with Crippen LogP contribution in [0, 0.1) is 4.91 Å². The zero-order valence-electron chi connectivity index (χ0n) is 17.2. The minimum Gasteiger partial charge on any atom is -0.444 e. The number of imidazole rings is 1. The number of carbonyl (C=O) groups is 1. The minimum absolute atomic E-state index is 0.0242. The number of carbonyl (C=O) groups excluding carboxylic acids is 1. The molecule has 2 atom stereocenters. The number of ether oxygens (including phenoxy) is 1. The smallest absolute Gasteiger partial charge is 0.412 e. The van der Waals surface area contributed by atoms with Crippen molar-refractivity contribution < 1.29 is 9.53 Å². The van der Waals surface area contributed by atoms with E-state index in [0.29, 0.717) is 12.1 Å². The maximum Gasteiger partial charge on any atom is 0.412 e. The first-order valence-corrected chi connectivity index (χ1v) is 9.89. The number of anilines is 1. The van der Waals surface area contributed by atoms with Gasteiger partial charge in [-0.3, -0.25) is 5.32 Å². The molecule has 2 heterocycles. The first-order chi connectivity index (χ1) is 14.4. The highest BCUT2D eigenvalue weighted by Gasteiger charge is 2.31. The molecule has 0 saturated carbocycles. The van der Waals surface area contributed by atoms with Crippen molar-refractivity contribution >= 4 is 11.8 Å². The topological polar surface area (TPSA) is 85.6 Å². The van der Waals surface area contributed by atoms with Gasteiger partial charge in [0.15, 0.2) is 0 Å². The van der Waals surface area contributed by atoms with Gasteiger partial charge < -0.3 is 9.30 Å². The molecule has 0 aliphatic carbocycles. The van der Waals surface area contributed by atoms with Crippen molar-refractivity contribution in [2.45, 2.75) is 44.9 Å². The van der Waals surface area contributed by atoms with Gasteiger partial charge in [-0.25, -0.2) is 9.78 Å². The van der Waals surface area contributed by atoms with Gasteiger partial charge in [-0.05, 0) is 44.0 Å². The van der Waals surface area contributed by atoms with Crippen LogP contribution in [0.1, 0.15) is 50.4 Å². The van der Waals surface area contributed by atoms with Gasteiger partial charge in [-0.2, -0.15) is 4.91 Å². The third-order valence-corrected chi connectivity index (χ3v) is 5.09. The summed E-state index contributed by atoms with van der Waals surface area (Å²) in [5, 5.41) is 6.12. The maximum atomic E-state index is 12.1. The second-order valence-electron chi connectivity index (χ2n) is 8.40. The van der Waals surface area contributed by atoms with Crippen LogP contribution in [0.3, 0.4) is 0 Å². The average Bonchev–Trinajstić information content (AvgIpc) is 3.26. The van der Waals surface area contributed by atoms with Gasteiger partial charge in [0.2, 0.25) is 0 Å². The molecule has 1 aliphatic rings. The molecule has 0 bridgehead atoms. The SMILES string of the molecule is CC(C)(C)OC(=O)Nc1cccc(C(CC2c3ccccc3-c3cncn32)N=O)c1. The number of hydrogen-bond acceptors (Lipinski definition) is 5. The van der Waals surface area contributed by atoms with Crippen LogP contribution < -0.4 is 5.32 Å². The number of nitrogens with one attached hydrogen (secondary N) is 1. The van der Waals surface area contributed by atoms with E-state index in [4.69, 9.17) is 4.74 Å². The number of nitroso groups, excluding NO2 is 1. The predicted molar refractivity (Wildman–Crippen MR) is 115 cm³/mol. The molecule has 1 N–H and O–H groups in total. The summed E-state index contributed by atoms with van der Waals surface area (Å²) in [6.45, 7) is 5.41. The van der Waals surface area contributed by atoms with E-state index >= 15 is 0 Å². The van der Waals surface area contributed by atoms with Gasteiger partial charge >= 0.3 is 6.09 Å². The van der Waals surface area contributed by atoms with Crippen LogP contribution in [0.15, 0.2) is 66.2 Å². The first-order valence-electron chi connectivity index (χ1n) is 9.89. The molecule has 0 fully saturated rings. The quantitative estimate of drug-likeness (QED) is 0.553. The van der Waals surface area contributed by atoms with Crippen molar-refractivity contribution in [1.29, 1.82) is 0 Å². The zero-order valence-corrected chi connectivity index (χ0v) is 17.2. The average molecular weight is 404 g/mol. The van der Waals surface area contributed by atoms with Crippen molar-refractivity contribution in [3.8, 4) is 11.3 Å². The highest BCUT2D eigenvalue weighted by molar-refractivity contribution is 5.85. The van der Waals surface area contributed by atoms with E-state index < -0.39 is 17.7 Å². The third-order valence-electron chi connectivity index (χ3n) is 5.09. The highest BCUT2D eigenvalue weighted by Crippen LogP contribution is 2.43. The second kappa shape index (κ2) is 7.74. The first kappa shape index (κ1) is 19.8. The molecule has 0 spiro atoms. The lowest BCUT2D eigenvalue weighted by Gasteiger charge is -2.20. The Morgan fingerprint density at radius 3 is 2.80 bits per heavy atom. The molecular weight excluding hydrogens is 380 g/mol. The molecule has 1 aliphatic heterocycles. The molecule has 7 heteroatoms. The predicted octanol–water partition coefficient (Wildman–Crippen LogP) is 5.70. The molecule has 0 radical (unpaired) electrons. The number of aromatic nitrogens is 2. The van der Waals surface area contributed by atoms with E-state index in [9.17, 15) is 9.70 Å². The summed E-state index contributed by atoms with van der Waals surface area (Å²) in [7, 11) is 0. The minimum atomic E-state index is -0.590. The number of amides is 1. The largest absolute Gasteiger partial charge is 0.444 e. The van der Waals surface area contributed by atoms with Crippen LogP contribution in [0.25, 0.3) is 11.3 Å². The Hall–Kier alpha value is -3.48. The molecule has 3 aromatic rings. The molecule has 2 aromatic carbocycles. The van der Waals surface area contributed by atoms with Crippen molar-refractivity contribution in [2.75, 3.05) is 5.32 Å². The Balaban J connectivity index is 1.56. The number of hydrogen-bond donors (Lipinski definition) is 1. The molecule has 1 aromatic heterocycles. The van der Waals surface area contributed by atoms with E-state index in [2.05, 4.69) is 32.2 Å². The molecule has 30 heavy (non-hydrogen) atoms. The van der Waals surface area contributed by atoms with Crippen molar-refractivity contribution in [3.63, 3.8) is 0 Å². The lowest BCUT2D eigenvalue weighted by molar-refractivity contribution is 0.0636. The Labute approximate surface area is 175 Å². The van der Waals surface area contributed by atoms with E-state index in [-0.39, 0.29) is 6.04 Å². The number of rotatable bonds is 5. The normalized spacial score (nSPS) is 15.8. The summed E-state index contributed by atoms with van der Waals surface area (Å²) in [4.78, 5) is 28.1. The fraction of sp³-hybridized carbons (Fsp3) is 0.304. The lowest BCUT2D eigenvalue weighted by atomic mass is 9.94. The summed E-state index contributed by atoms with van der Waals surface area (Å²) in [6, 6.07) is 14.7. The molecule has 4 rings (SSSR count). The molecule has 154 valence electrons. The Kier molecular flexibility index (Phi) is 5.11. The van der Waals surface area contributed by atoms with Gasteiger partial charge in [0.05, 0.1) is 24.3 Å². The Morgan fingerprint density at radius 1 is 1.23 bits per heavy atom. The molecule has 7 nitrogen and oxygen atoms in total. The van der Waals surface area contributed by atoms with Gasteiger partial charge in [0.1, 0.15) is 11.6 Å². The van der Waals surface area contributed by atoms with E-state index in [1.165, 1.54) is 0 Å². The van der Waals surface area contributed by atoms with Gasteiger partial charge in [-0.15, -0.1) is 0 Å². The highest BCUT2D eigenvalue weighted by atomic mass is 16.6. The second-order valence-corrected chi connectivity index (χ2v) is 8.40. The summed E-state index contributed by atoms with van der Waals surface area (Å²) < 4.78 is 7.39. The fourth-order valence-electron chi connectivity index (χ4n) is 3.87. The van der Waals surface area contributed by atoms with E-state index in [0.717, 1.165) is 22.4 Å². The molecule has 1 amide bonds. The van der Waals surface area contributed by atoms with E-state index in [1.807, 2.05) is 24.4 Å². The van der Waals surface area contributed by atoms with Crippen LogP contribution >= 0.6 is 0 Å². The van der Waals surface area contributed by atoms with Crippen molar-refractivity contribution in [3.05, 3.63) is 77.1 Å². The van der Waals surface area contributed by atoms with Crippen molar-refractivity contribution in [2.24, 2.45) is 5.18 Å².